The van der Waals surface area contributed by atoms with Crippen LogP contribution in [0, 0.1) is 41.0 Å². The summed E-state index contributed by atoms with van der Waals surface area (Å²) in [7, 11) is 0. The molecule has 0 radical (unpaired) electrons. The van der Waals surface area contributed by atoms with Gasteiger partial charge in [-0.25, -0.2) is 0 Å². The van der Waals surface area contributed by atoms with E-state index in [0.29, 0.717) is 12.5 Å². The summed E-state index contributed by atoms with van der Waals surface area (Å²) in [6, 6.07) is 30.5. The number of aromatic nitrogens is 1. The summed E-state index contributed by atoms with van der Waals surface area (Å²) in [5, 5.41) is 4.81. The minimum absolute atomic E-state index is 0. The fraction of sp³-hybridized carbons (Fsp3) is 0.235. The molecule has 4 aromatic rings. The Balaban J connectivity index is 0.000000262. The molecule has 1 heterocycles. The van der Waals surface area contributed by atoms with E-state index in [1.807, 2.05) is 60.7 Å². The minimum Gasteiger partial charge on any atom is -0.679 e. The van der Waals surface area contributed by atoms with Gasteiger partial charge in [0.2, 0.25) is 0 Å². The second-order valence-corrected chi connectivity index (χ2v) is 9.36. The van der Waals surface area contributed by atoms with Crippen LogP contribution in [0.25, 0.3) is 5.32 Å². The maximum absolute atomic E-state index is 4.82. The third-order valence-corrected chi connectivity index (χ3v) is 6.10. The average Bonchev–Trinajstić information content (AvgIpc) is 3.41. The molecule has 1 atom stereocenters. The molecule has 0 saturated heterocycles. The first-order valence-corrected chi connectivity index (χ1v) is 12.7. The monoisotopic (exact) mass is 654 g/mol. The van der Waals surface area contributed by atoms with Gasteiger partial charge in [-0.3, -0.25) is 4.98 Å². The Morgan fingerprint density at radius 1 is 0.811 bits per heavy atom. The molecule has 5 rings (SSSR count). The molecule has 1 fully saturated rings. The van der Waals surface area contributed by atoms with Gasteiger partial charge in [-0.15, -0.1) is 35.9 Å². The molecule has 192 valence electrons. The molecule has 2 nitrogen and oxygen atoms in total. The zero-order valence-corrected chi connectivity index (χ0v) is 26.0. The molecule has 1 saturated carbocycles. The molecular formula is C34H38HfN2-4. The number of aryl methyl sites for hydroxylation is 3. The third kappa shape index (κ3) is 10.6. The van der Waals surface area contributed by atoms with Crippen LogP contribution in [0.3, 0.4) is 0 Å². The van der Waals surface area contributed by atoms with Crippen LogP contribution in [0.4, 0.5) is 5.69 Å². The Hall–Kier alpha value is -2.78. The Morgan fingerprint density at radius 2 is 1.38 bits per heavy atom. The first kappa shape index (κ1) is 30.4. The predicted molar refractivity (Wildman–Crippen MR) is 154 cm³/mol. The van der Waals surface area contributed by atoms with Crippen molar-refractivity contribution in [1.82, 2.24) is 4.98 Å². The molecule has 0 bridgehead atoms. The van der Waals surface area contributed by atoms with Gasteiger partial charge >= 0.3 is 0 Å². The second kappa shape index (κ2) is 16.1. The molecule has 37 heavy (non-hydrogen) atoms. The van der Waals surface area contributed by atoms with Gasteiger partial charge in [-0.05, 0) is 32.9 Å². The Morgan fingerprint density at radius 3 is 1.84 bits per heavy atom. The number of benzene rings is 3. The van der Waals surface area contributed by atoms with Crippen LogP contribution < -0.4 is 0 Å². The van der Waals surface area contributed by atoms with Crippen molar-refractivity contribution >= 4 is 5.69 Å². The smallest absolute Gasteiger partial charge is 0.0230 e. The normalized spacial score (nSPS) is 13.8. The van der Waals surface area contributed by atoms with Crippen molar-refractivity contribution in [3.05, 3.63) is 156 Å². The van der Waals surface area contributed by atoms with Crippen molar-refractivity contribution in [3.8, 4) is 0 Å². The molecular weight excluding hydrogens is 615 g/mol. The number of nitrogens with zero attached hydrogens (tertiary/aromatic N) is 2. The largest absolute Gasteiger partial charge is 0.679 e. The first-order valence-electron chi connectivity index (χ1n) is 12.7. The van der Waals surface area contributed by atoms with Crippen LogP contribution in [0.1, 0.15) is 64.4 Å². The van der Waals surface area contributed by atoms with Crippen LogP contribution in [-0.4, -0.2) is 4.98 Å². The maximum Gasteiger partial charge on any atom is 0.0230 e. The summed E-state index contributed by atoms with van der Waals surface area (Å²) in [6.07, 6.45) is 6.16. The van der Waals surface area contributed by atoms with Crippen molar-refractivity contribution in [2.45, 2.75) is 52.5 Å². The zero-order chi connectivity index (χ0) is 25.8. The van der Waals surface area contributed by atoms with Crippen molar-refractivity contribution in [1.29, 1.82) is 0 Å². The number of rotatable bonds is 4. The molecule has 1 aromatic heterocycles. The van der Waals surface area contributed by atoms with Crippen LogP contribution in [0.2, 0.25) is 0 Å². The van der Waals surface area contributed by atoms with E-state index in [2.05, 4.69) is 71.4 Å². The topological polar surface area (TPSA) is 27.0 Å². The van der Waals surface area contributed by atoms with Gasteiger partial charge in [0.25, 0.3) is 0 Å². The van der Waals surface area contributed by atoms with Crippen molar-refractivity contribution in [2.24, 2.45) is 0 Å². The van der Waals surface area contributed by atoms with Gasteiger partial charge in [0.1, 0.15) is 0 Å². The molecule has 3 aromatic carbocycles. The van der Waals surface area contributed by atoms with Gasteiger partial charge in [0.05, 0.1) is 0 Å². The summed E-state index contributed by atoms with van der Waals surface area (Å²) >= 11 is 0. The van der Waals surface area contributed by atoms with E-state index in [-0.39, 0.29) is 25.8 Å². The second-order valence-electron chi connectivity index (χ2n) is 9.36. The summed E-state index contributed by atoms with van der Waals surface area (Å²) in [5.41, 5.74) is 9.33. The Labute approximate surface area is 243 Å². The number of pyridine rings is 1. The SMILES string of the molecule is Cc1cc(C)c([N-]Cc2cccc(C3[CH-]CCC3)n2)c(C)c1.[CH2-]c1ccccc1.[CH2-]c1ccccc1.[Hf]. The maximum atomic E-state index is 4.82. The molecule has 1 aliphatic rings. The van der Waals surface area contributed by atoms with Crippen LogP contribution in [0.15, 0.2) is 91.0 Å². The number of hydrogen-bond acceptors (Lipinski definition) is 1. The molecule has 0 N–H and O–H groups in total. The zero-order valence-electron chi connectivity index (χ0n) is 22.5. The van der Waals surface area contributed by atoms with E-state index in [1.54, 1.807) is 0 Å². The average molecular weight is 653 g/mol. The molecule has 0 spiro atoms. The van der Waals surface area contributed by atoms with E-state index in [0.717, 1.165) is 22.5 Å². The van der Waals surface area contributed by atoms with Crippen LogP contribution >= 0.6 is 0 Å². The van der Waals surface area contributed by atoms with Crippen LogP contribution in [-0.2, 0) is 32.4 Å². The fourth-order valence-corrected chi connectivity index (χ4v) is 4.37. The fourth-order valence-electron chi connectivity index (χ4n) is 4.37. The van der Waals surface area contributed by atoms with Gasteiger partial charge in [-0.1, -0.05) is 66.4 Å². The molecule has 0 amide bonds. The standard InChI is InChI=1S/C20H24N2.2C7H7.Hf/c1-14-11-15(2)20(16(3)12-14)21-13-18-9-6-10-19(22-18)17-7-4-5-8-17;2*1-7-5-3-2-4-6-7;/h6-7,9-12,17H,4-5,8,13H2,1-3H3;2*2-6H,1H2;/q-2;2*-1;. The Kier molecular flexibility index (Phi) is 13.3. The predicted octanol–water partition coefficient (Wildman–Crippen LogP) is 9.42. The van der Waals surface area contributed by atoms with Crippen molar-refractivity contribution in [3.63, 3.8) is 0 Å². The molecule has 1 unspecified atom stereocenters. The van der Waals surface area contributed by atoms with Gasteiger partial charge in [0.15, 0.2) is 0 Å². The number of hydrogen-bond donors (Lipinski definition) is 0. The van der Waals surface area contributed by atoms with E-state index in [9.17, 15) is 0 Å². The molecule has 0 aliphatic heterocycles. The quantitative estimate of drug-likeness (QED) is 0.159. The summed E-state index contributed by atoms with van der Waals surface area (Å²) < 4.78 is 0. The van der Waals surface area contributed by atoms with Crippen molar-refractivity contribution < 1.29 is 25.8 Å². The molecule has 3 heteroatoms. The van der Waals surface area contributed by atoms with Crippen molar-refractivity contribution in [2.75, 3.05) is 0 Å². The van der Waals surface area contributed by atoms with Gasteiger partial charge in [-0.2, -0.15) is 55.7 Å². The summed E-state index contributed by atoms with van der Waals surface area (Å²) in [6.45, 7) is 14.5. The Bertz CT molecular complexity index is 1120. The summed E-state index contributed by atoms with van der Waals surface area (Å²) in [5.74, 6) is 0.544. The third-order valence-electron chi connectivity index (χ3n) is 6.10. The van der Waals surface area contributed by atoms with Gasteiger partial charge in [0, 0.05) is 37.2 Å². The van der Waals surface area contributed by atoms with Crippen LogP contribution in [0.5, 0.6) is 0 Å². The van der Waals surface area contributed by atoms with E-state index in [4.69, 9.17) is 10.3 Å². The first-order chi connectivity index (χ1) is 17.4. The minimum atomic E-state index is 0. The van der Waals surface area contributed by atoms with E-state index >= 15 is 0 Å². The van der Waals surface area contributed by atoms with E-state index in [1.165, 1.54) is 41.6 Å². The van der Waals surface area contributed by atoms with Gasteiger partial charge < -0.3 is 11.7 Å². The van der Waals surface area contributed by atoms with E-state index < -0.39 is 0 Å². The summed E-state index contributed by atoms with van der Waals surface area (Å²) in [4.78, 5) is 4.82. The molecule has 1 aliphatic carbocycles.